The summed E-state index contributed by atoms with van der Waals surface area (Å²) in [4.78, 5) is 50.7. The number of hydrogen-bond donors (Lipinski definition) is 3. The van der Waals surface area contributed by atoms with E-state index in [2.05, 4.69) is 16.1 Å². The maximum Gasteiger partial charge on any atom is 0.327 e. The second-order valence-electron chi connectivity index (χ2n) is 9.00. The van der Waals surface area contributed by atoms with Gasteiger partial charge in [-0.3, -0.25) is 24.2 Å². The molecule has 5 atom stereocenters. The predicted molar refractivity (Wildman–Crippen MR) is 124 cm³/mol. The first kappa shape index (κ1) is 28.6. The fourth-order valence-electron chi connectivity index (χ4n) is 3.75. The normalized spacial score (nSPS) is 22.4. The molecule has 10 heteroatoms. The van der Waals surface area contributed by atoms with E-state index >= 15 is 0 Å². The summed E-state index contributed by atoms with van der Waals surface area (Å²) in [5, 5.41) is 6.82. The third-order valence-corrected chi connectivity index (χ3v) is 5.88. The topological polar surface area (TPSA) is 126 Å². The molecule has 0 saturated carbocycles. The summed E-state index contributed by atoms with van der Waals surface area (Å²) in [5.74, 6) is -2.33. The van der Waals surface area contributed by atoms with Gasteiger partial charge in [-0.1, -0.05) is 32.9 Å². The van der Waals surface area contributed by atoms with Gasteiger partial charge in [-0.15, -0.1) is 0 Å². The molecule has 10 nitrogen and oxygen atoms in total. The van der Waals surface area contributed by atoms with E-state index in [1.165, 1.54) is 19.2 Å². The van der Waals surface area contributed by atoms with Gasteiger partial charge >= 0.3 is 5.97 Å². The minimum Gasteiger partial charge on any atom is -0.468 e. The van der Waals surface area contributed by atoms with E-state index < -0.39 is 41.5 Å². The van der Waals surface area contributed by atoms with Gasteiger partial charge in [0.2, 0.25) is 11.8 Å². The fraction of sp³-hybridized carbons (Fsp3) is 0.739. The first-order valence-electron chi connectivity index (χ1n) is 11.4. The Labute approximate surface area is 196 Å². The molecular formula is C23H40N4O6. The smallest absolute Gasteiger partial charge is 0.327 e. The lowest BCUT2D eigenvalue weighted by Crippen LogP contribution is -2.65. The molecule has 1 aliphatic rings. The van der Waals surface area contributed by atoms with Crippen molar-refractivity contribution < 1.29 is 28.7 Å². The average molecular weight is 469 g/mol. The maximum absolute atomic E-state index is 13.0. The molecule has 1 saturated heterocycles. The highest BCUT2D eigenvalue weighted by Crippen LogP contribution is 2.20. The van der Waals surface area contributed by atoms with E-state index in [-0.39, 0.29) is 17.7 Å². The number of amides is 3. The number of carbonyl (C=O) groups is 4. The van der Waals surface area contributed by atoms with E-state index in [0.29, 0.717) is 19.4 Å². The lowest BCUT2D eigenvalue weighted by atomic mass is 9.94. The SMILES string of the molecule is CC=CC(OC)C(C)C(=O)NC(C(=O)NC(C)C(=O)N1CCCC(C)(C(=O)OC)N1)C(C)C. The Kier molecular flexibility index (Phi) is 11.0. The number of allylic oxidation sites excluding steroid dienone is 1. The van der Waals surface area contributed by atoms with E-state index in [1.807, 2.05) is 20.8 Å². The van der Waals surface area contributed by atoms with Crippen molar-refractivity contribution in [2.75, 3.05) is 20.8 Å². The van der Waals surface area contributed by atoms with Crippen molar-refractivity contribution in [2.24, 2.45) is 11.8 Å². The second kappa shape index (κ2) is 12.7. The van der Waals surface area contributed by atoms with Crippen molar-refractivity contribution in [3.8, 4) is 0 Å². The van der Waals surface area contributed by atoms with Crippen LogP contribution in [-0.2, 0) is 28.7 Å². The molecule has 1 aliphatic heterocycles. The van der Waals surface area contributed by atoms with Crippen molar-refractivity contribution in [3.63, 3.8) is 0 Å². The van der Waals surface area contributed by atoms with Gasteiger partial charge in [0, 0.05) is 13.7 Å². The van der Waals surface area contributed by atoms with Gasteiger partial charge in [-0.05, 0) is 39.5 Å². The Hall–Kier alpha value is -2.46. The number of ether oxygens (including phenoxy) is 2. The summed E-state index contributed by atoms with van der Waals surface area (Å²) >= 11 is 0. The molecule has 0 bridgehead atoms. The lowest BCUT2D eigenvalue weighted by molar-refractivity contribution is -0.157. The standard InChI is InChI=1S/C23H40N4O6/c1-9-11-17(32-7)15(4)19(28)25-18(14(2)3)20(29)24-16(5)21(30)27-13-10-12-23(6,26-27)22(31)33-8/h9,11,14-18,26H,10,12-13H2,1-8H3,(H,24,29)(H,25,28). The summed E-state index contributed by atoms with van der Waals surface area (Å²) < 4.78 is 10.2. The van der Waals surface area contributed by atoms with Crippen LogP contribution in [0, 0.1) is 11.8 Å². The van der Waals surface area contributed by atoms with Crippen LogP contribution < -0.4 is 16.1 Å². The van der Waals surface area contributed by atoms with E-state index in [0.717, 1.165) is 0 Å². The number of carbonyl (C=O) groups excluding carboxylic acids is 4. The zero-order chi connectivity index (χ0) is 25.3. The van der Waals surface area contributed by atoms with Crippen LogP contribution >= 0.6 is 0 Å². The predicted octanol–water partition coefficient (Wildman–Crippen LogP) is 0.918. The molecule has 1 rings (SSSR count). The van der Waals surface area contributed by atoms with Crippen LogP contribution in [0.3, 0.4) is 0 Å². The summed E-state index contributed by atoms with van der Waals surface area (Å²) in [6.45, 7) is 10.8. The zero-order valence-electron chi connectivity index (χ0n) is 21.1. The van der Waals surface area contributed by atoms with Crippen molar-refractivity contribution in [3.05, 3.63) is 12.2 Å². The molecule has 188 valence electrons. The summed E-state index contributed by atoms with van der Waals surface area (Å²) in [6.07, 6.45) is 4.31. The number of nitrogens with zero attached hydrogens (tertiary/aromatic N) is 1. The van der Waals surface area contributed by atoms with Crippen LogP contribution in [0.25, 0.3) is 0 Å². The molecule has 3 N–H and O–H groups in total. The van der Waals surface area contributed by atoms with Gasteiger partial charge in [0.15, 0.2) is 0 Å². The van der Waals surface area contributed by atoms with E-state index in [1.54, 1.807) is 32.9 Å². The molecule has 1 heterocycles. The first-order chi connectivity index (χ1) is 15.4. The molecule has 33 heavy (non-hydrogen) atoms. The van der Waals surface area contributed by atoms with E-state index in [9.17, 15) is 19.2 Å². The Balaban J connectivity index is 2.83. The molecule has 1 fully saturated rings. The third kappa shape index (κ3) is 7.53. The summed E-state index contributed by atoms with van der Waals surface area (Å²) in [5.41, 5.74) is 1.92. The number of nitrogens with one attached hydrogen (secondary N) is 3. The zero-order valence-corrected chi connectivity index (χ0v) is 21.1. The van der Waals surface area contributed by atoms with Gasteiger partial charge in [-0.25, -0.2) is 5.43 Å². The largest absolute Gasteiger partial charge is 0.468 e. The monoisotopic (exact) mass is 468 g/mol. The highest BCUT2D eigenvalue weighted by atomic mass is 16.5. The first-order valence-corrected chi connectivity index (χ1v) is 11.4. The van der Waals surface area contributed by atoms with Gasteiger partial charge in [0.25, 0.3) is 5.91 Å². The highest BCUT2D eigenvalue weighted by Gasteiger charge is 2.41. The van der Waals surface area contributed by atoms with Crippen LogP contribution in [0.2, 0.25) is 0 Å². The number of esters is 1. The van der Waals surface area contributed by atoms with Crippen LogP contribution in [0.5, 0.6) is 0 Å². The molecule has 5 unspecified atom stereocenters. The molecular weight excluding hydrogens is 428 g/mol. The van der Waals surface area contributed by atoms with Crippen molar-refractivity contribution >= 4 is 23.7 Å². The Morgan fingerprint density at radius 3 is 2.21 bits per heavy atom. The molecule has 0 aliphatic carbocycles. The minimum atomic E-state index is -1.01. The van der Waals surface area contributed by atoms with Crippen molar-refractivity contribution in [1.29, 1.82) is 0 Å². The number of hydrogen-bond acceptors (Lipinski definition) is 7. The van der Waals surface area contributed by atoms with Crippen LogP contribution in [0.15, 0.2) is 12.2 Å². The molecule has 0 aromatic carbocycles. The maximum atomic E-state index is 13.0. The Bertz CT molecular complexity index is 740. The molecule has 0 aromatic rings. The van der Waals surface area contributed by atoms with Gasteiger partial charge in [0.1, 0.15) is 17.6 Å². The third-order valence-electron chi connectivity index (χ3n) is 5.88. The Morgan fingerprint density at radius 2 is 1.70 bits per heavy atom. The number of rotatable bonds is 10. The molecule has 0 aromatic heterocycles. The van der Waals surface area contributed by atoms with Gasteiger partial charge in [-0.2, -0.15) is 0 Å². The van der Waals surface area contributed by atoms with Crippen LogP contribution in [-0.4, -0.2) is 73.2 Å². The second-order valence-corrected chi connectivity index (χ2v) is 9.00. The van der Waals surface area contributed by atoms with Gasteiger partial charge < -0.3 is 20.1 Å². The number of hydrazine groups is 1. The van der Waals surface area contributed by atoms with Crippen molar-refractivity contribution in [2.45, 2.75) is 78.1 Å². The molecule has 0 spiro atoms. The quantitative estimate of drug-likeness (QED) is 0.321. The average Bonchev–Trinajstić information content (AvgIpc) is 2.78. The summed E-state index contributed by atoms with van der Waals surface area (Å²) in [7, 11) is 2.82. The minimum absolute atomic E-state index is 0.207. The van der Waals surface area contributed by atoms with Crippen LogP contribution in [0.1, 0.15) is 54.4 Å². The van der Waals surface area contributed by atoms with Crippen LogP contribution in [0.4, 0.5) is 0 Å². The lowest BCUT2D eigenvalue weighted by Gasteiger charge is -2.40. The van der Waals surface area contributed by atoms with Crippen molar-refractivity contribution in [1.82, 2.24) is 21.1 Å². The van der Waals surface area contributed by atoms with Gasteiger partial charge in [0.05, 0.1) is 19.1 Å². The van der Waals surface area contributed by atoms with E-state index in [4.69, 9.17) is 9.47 Å². The summed E-state index contributed by atoms with van der Waals surface area (Å²) in [6, 6.07) is -1.69. The molecule has 3 amide bonds. The highest BCUT2D eigenvalue weighted by molar-refractivity contribution is 5.92. The fourth-order valence-corrected chi connectivity index (χ4v) is 3.75. The number of methoxy groups -OCH3 is 2. The Morgan fingerprint density at radius 1 is 1.06 bits per heavy atom. The molecule has 0 radical (unpaired) electrons.